The molecule has 3 rings (SSSR count). The second-order valence-electron chi connectivity index (χ2n) is 7.29. The lowest BCUT2D eigenvalue weighted by Gasteiger charge is -2.14. The van der Waals surface area contributed by atoms with Crippen molar-refractivity contribution < 1.29 is 9.53 Å². The first kappa shape index (κ1) is 19.6. The molecule has 0 saturated carbocycles. The molecule has 6 nitrogen and oxygen atoms in total. The number of ether oxygens (including phenoxy) is 1. The van der Waals surface area contributed by atoms with E-state index in [0.29, 0.717) is 18.2 Å². The second kappa shape index (κ2) is 9.17. The third kappa shape index (κ3) is 5.42. The summed E-state index contributed by atoms with van der Waals surface area (Å²) in [5.74, 6) is 1.10. The number of carbonyl (C=O) groups is 1. The van der Waals surface area contributed by atoms with Gasteiger partial charge in [-0.2, -0.15) is 5.10 Å². The highest BCUT2D eigenvalue weighted by Gasteiger charge is 2.15. The second-order valence-corrected chi connectivity index (χ2v) is 7.29. The van der Waals surface area contributed by atoms with Gasteiger partial charge in [-0.25, -0.2) is 0 Å². The molecule has 6 heteroatoms. The van der Waals surface area contributed by atoms with Gasteiger partial charge in [0.1, 0.15) is 18.1 Å². The van der Waals surface area contributed by atoms with E-state index in [0.717, 1.165) is 29.0 Å². The van der Waals surface area contributed by atoms with Crippen LogP contribution in [0.25, 0.3) is 0 Å². The number of aromatic amines is 1. The Morgan fingerprint density at radius 1 is 1.18 bits per heavy atom. The van der Waals surface area contributed by atoms with E-state index in [4.69, 9.17) is 4.74 Å². The van der Waals surface area contributed by atoms with Crippen molar-refractivity contribution in [2.75, 3.05) is 0 Å². The zero-order valence-electron chi connectivity index (χ0n) is 16.5. The zero-order chi connectivity index (χ0) is 19.9. The lowest BCUT2D eigenvalue weighted by Crippen LogP contribution is -2.26. The van der Waals surface area contributed by atoms with Crippen LogP contribution in [0.4, 0.5) is 0 Å². The van der Waals surface area contributed by atoms with Crippen molar-refractivity contribution in [3.8, 4) is 5.75 Å². The molecule has 0 radical (unpaired) electrons. The van der Waals surface area contributed by atoms with Crippen molar-refractivity contribution in [1.82, 2.24) is 20.5 Å². The maximum atomic E-state index is 12.4. The van der Waals surface area contributed by atoms with Gasteiger partial charge in [-0.05, 0) is 49.1 Å². The van der Waals surface area contributed by atoms with Crippen molar-refractivity contribution in [3.05, 3.63) is 77.4 Å². The predicted molar refractivity (Wildman–Crippen MR) is 108 cm³/mol. The third-order valence-corrected chi connectivity index (χ3v) is 4.35. The molecule has 146 valence electrons. The van der Waals surface area contributed by atoms with Crippen LogP contribution in [-0.4, -0.2) is 21.1 Å². The highest BCUT2D eigenvalue weighted by atomic mass is 16.5. The van der Waals surface area contributed by atoms with Crippen LogP contribution < -0.4 is 10.1 Å². The number of carbonyl (C=O) groups excluding carboxylic acids is 1. The summed E-state index contributed by atoms with van der Waals surface area (Å²) >= 11 is 0. The predicted octanol–water partition coefficient (Wildman–Crippen LogP) is 4.07. The monoisotopic (exact) mass is 378 g/mol. The number of amides is 1. The molecular weight excluding hydrogens is 352 g/mol. The molecule has 2 heterocycles. The molecule has 2 N–H and O–H groups in total. The summed E-state index contributed by atoms with van der Waals surface area (Å²) in [5, 5.41) is 10.0. The van der Waals surface area contributed by atoms with Crippen molar-refractivity contribution in [1.29, 1.82) is 0 Å². The highest BCUT2D eigenvalue weighted by Crippen LogP contribution is 2.19. The number of pyridine rings is 1. The van der Waals surface area contributed by atoms with Crippen LogP contribution in [0, 0.1) is 5.92 Å². The Balaban J connectivity index is 1.54. The van der Waals surface area contributed by atoms with Crippen LogP contribution in [0.1, 0.15) is 54.1 Å². The van der Waals surface area contributed by atoms with Crippen LogP contribution in [0.3, 0.4) is 0 Å². The summed E-state index contributed by atoms with van der Waals surface area (Å²) in [5.41, 5.74) is 3.41. The Morgan fingerprint density at radius 3 is 2.64 bits per heavy atom. The van der Waals surface area contributed by atoms with Crippen molar-refractivity contribution in [2.45, 2.75) is 39.8 Å². The fourth-order valence-corrected chi connectivity index (χ4v) is 2.88. The summed E-state index contributed by atoms with van der Waals surface area (Å²) < 4.78 is 5.77. The lowest BCUT2D eigenvalue weighted by molar-refractivity contribution is 0.0935. The number of nitrogens with zero attached hydrogens (tertiary/aromatic N) is 2. The van der Waals surface area contributed by atoms with Gasteiger partial charge in [0.05, 0.1) is 6.04 Å². The Hall–Kier alpha value is -3.15. The van der Waals surface area contributed by atoms with E-state index in [1.807, 2.05) is 49.4 Å². The Bertz CT molecular complexity index is 888. The molecule has 0 aliphatic carbocycles. The van der Waals surface area contributed by atoms with Crippen molar-refractivity contribution in [3.63, 3.8) is 0 Å². The molecule has 0 aliphatic rings. The summed E-state index contributed by atoms with van der Waals surface area (Å²) in [6.07, 6.45) is 4.39. The Kier molecular flexibility index (Phi) is 6.42. The molecule has 3 aromatic rings. The van der Waals surface area contributed by atoms with Gasteiger partial charge in [0.15, 0.2) is 0 Å². The standard InChI is InChI=1S/C22H26N4O2/c1-15(2)11-19-12-21(26-25-19)22(27)24-16(3)18-6-8-20(9-7-18)28-14-17-5-4-10-23-13-17/h4-10,12-13,15-16H,11,14H2,1-3H3,(H,24,27)(H,25,26). The summed E-state index contributed by atoms with van der Waals surface area (Å²) in [7, 11) is 0. The van der Waals surface area contributed by atoms with E-state index < -0.39 is 0 Å². The van der Waals surface area contributed by atoms with Crippen molar-refractivity contribution in [2.24, 2.45) is 5.92 Å². The molecule has 1 atom stereocenters. The number of hydrogen-bond donors (Lipinski definition) is 2. The smallest absolute Gasteiger partial charge is 0.272 e. The number of rotatable bonds is 8. The quantitative estimate of drug-likeness (QED) is 0.619. The van der Waals surface area contributed by atoms with Gasteiger partial charge in [-0.3, -0.25) is 14.9 Å². The maximum Gasteiger partial charge on any atom is 0.272 e. The largest absolute Gasteiger partial charge is 0.489 e. The normalized spacial score (nSPS) is 12.0. The minimum absolute atomic E-state index is 0.134. The molecule has 0 fully saturated rings. The van der Waals surface area contributed by atoms with Gasteiger partial charge in [-0.1, -0.05) is 32.0 Å². The number of aromatic nitrogens is 3. The van der Waals surface area contributed by atoms with E-state index >= 15 is 0 Å². The molecule has 0 aliphatic heterocycles. The fraction of sp³-hybridized carbons (Fsp3) is 0.318. The van der Waals surface area contributed by atoms with E-state index in [1.165, 1.54) is 0 Å². The van der Waals surface area contributed by atoms with E-state index in [9.17, 15) is 4.79 Å². The molecule has 28 heavy (non-hydrogen) atoms. The first-order valence-electron chi connectivity index (χ1n) is 9.48. The first-order chi connectivity index (χ1) is 13.5. The minimum Gasteiger partial charge on any atom is -0.489 e. The Labute approximate surface area is 165 Å². The number of benzene rings is 1. The molecule has 1 amide bonds. The van der Waals surface area contributed by atoms with E-state index in [-0.39, 0.29) is 11.9 Å². The van der Waals surface area contributed by atoms with Crippen LogP contribution in [0.15, 0.2) is 54.9 Å². The van der Waals surface area contributed by atoms with E-state index in [2.05, 4.69) is 34.3 Å². The zero-order valence-corrected chi connectivity index (χ0v) is 16.5. The third-order valence-electron chi connectivity index (χ3n) is 4.35. The molecule has 0 saturated heterocycles. The van der Waals surface area contributed by atoms with Gasteiger partial charge in [-0.15, -0.1) is 0 Å². The highest BCUT2D eigenvalue weighted by molar-refractivity contribution is 5.92. The van der Waals surface area contributed by atoms with Crippen LogP contribution in [-0.2, 0) is 13.0 Å². The van der Waals surface area contributed by atoms with Crippen molar-refractivity contribution >= 4 is 5.91 Å². The van der Waals surface area contributed by atoms with Gasteiger partial charge in [0.25, 0.3) is 5.91 Å². The number of nitrogens with one attached hydrogen (secondary N) is 2. The van der Waals surface area contributed by atoms with Gasteiger partial charge in [0, 0.05) is 23.7 Å². The van der Waals surface area contributed by atoms with Gasteiger partial charge in [0.2, 0.25) is 0 Å². The Morgan fingerprint density at radius 2 is 1.96 bits per heavy atom. The molecule has 1 unspecified atom stereocenters. The summed E-state index contributed by atoms with van der Waals surface area (Å²) in [4.78, 5) is 16.5. The van der Waals surface area contributed by atoms with E-state index in [1.54, 1.807) is 12.4 Å². The molecule has 0 bridgehead atoms. The average Bonchev–Trinajstić information content (AvgIpc) is 3.15. The lowest BCUT2D eigenvalue weighted by atomic mass is 10.1. The summed E-state index contributed by atoms with van der Waals surface area (Å²) in [6.45, 7) is 6.68. The van der Waals surface area contributed by atoms with Crippen LogP contribution in [0.2, 0.25) is 0 Å². The minimum atomic E-state index is -0.185. The number of hydrogen-bond acceptors (Lipinski definition) is 4. The topological polar surface area (TPSA) is 79.9 Å². The maximum absolute atomic E-state index is 12.4. The van der Waals surface area contributed by atoms with Crippen LogP contribution >= 0.6 is 0 Å². The number of H-pyrrole nitrogens is 1. The fourth-order valence-electron chi connectivity index (χ4n) is 2.88. The SMILES string of the molecule is CC(C)Cc1cc(C(=O)NC(C)c2ccc(OCc3cccnc3)cc2)n[nH]1. The van der Waals surface area contributed by atoms with Crippen LogP contribution in [0.5, 0.6) is 5.75 Å². The molecular formula is C22H26N4O2. The van der Waals surface area contributed by atoms with Gasteiger partial charge >= 0.3 is 0 Å². The molecule has 2 aromatic heterocycles. The summed E-state index contributed by atoms with van der Waals surface area (Å²) in [6, 6.07) is 13.3. The molecule has 0 spiro atoms. The average molecular weight is 378 g/mol. The first-order valence-corrected chi connectivity index (χ1v) is 9.48. The molecule has 1 aromatic carbocycles. The van der Waals surface area contributed by atoms with Gasteiger partial charge < -0.3 is 10.1 Å².